The molecule has 4 rings (SSSR count). The zero-order valence-corrected chi connectivity index (χ0v) is 15.8. The molecule has 144 valence electrons. The van der Waals surface area contributed by atoms with Crippen LogP contribution in [0, 0.1) is 6.92 Å². The second kappa shape index (κ2) is 6.91. The lowest BCUT2D eigenvalue weighted by molar-refractivity contribution is 0.0946. The predicted octanol–water partition coefficient (Wildman–Crippen LogP) is 1.89. The van der Waals surface area contributed by atoms with Crippen LogP contribution in [0.4, 0.5) is 5.69 Å². The largest absolute Gasteiger partial charge is 0.480 e. The van der Waals surface area contributed by atoms with E-state index in [1.807, 2.05) is 19.1 Å². The molecule has 9 heteroatoms. The topological polar surface area (TPSA) is 125 Å². The van der Waals surface area contributed by atoms with Gasteiger partial charge in [0.1, 0.15) is 5.52 Å². The van der Waals surface area contributed by atoms with Crippen molar-refractivity contribution in [2.24, 2.45) is 0 Å². The molecule has 3 N–H and O–H groups in total. The van der Waals surface area contributed by atoms with E-state index in [1.54, 1.807) is 6.20 Å². The molecule has 0 atom stereocenters. The summed E-state index contributed by atoms with van der Waals surface area (Å²) < 4.78 is 10.5. The van der Waals surface area contributed by atoms with E-state index in [-0.39, 0.29) is 29.3 Å². The van der Waals surface area contributed by atoms with Gasteiger partial charge in [0.15, 0.2) is 5.69 Å². The quantitative estimate of drug-likeness (QED) is 0.687. The van der Waals surface area contributed by atoms with Gasteiger partial charge >= 0.3 is 6.01 Å². The van der Waals surface area contributed by atoms with E-state index in [1.165, 1.54) is 14.2 Å². The average Bonchev–Trinajstić information content (AvgIpc) is 3.51. The van der Waals surface area contributed by atoms with E-state index in [0.29, 0.717) is 22.3 Å². The second-order valence-electron chi connectivity index (χ2n) is 6.64. The highest BCUT2D eigenvalue weighted by Crippen LogP contribution is 2.37. The van der Waals surface area contributed by atoms with Crippen molar-refractivity contribution in [1.29, 1.82) is 0 Å². The highest BCUT2D eigenvalue weighted by atomic mass is 16.5. The highest BCUT2D eigenvalue weighted by molar-refractivity contribution is 6.08. The van der Waals surface area contributed by atoms with E-state index in [4.69, 9.17) is 15.2 Å². The summed E-state index contributed by atoms with van der Waals surface area (Å²) in [6.07, 6.45) is 3.57. The Morgan fingerprint density at radius 3 is 2.68 bits per heavy atom. The molecule has 0 unspecified atom stereocenters. The summed E-state index contributed by atoms with van der Waals surface area (Å²) in [4.78, 5) is 20.8. The van der Waals surface area contributed by atoms with Crippen molar-refractivity contribution in [2.75, 3.05) is 20.0 Å². The van der Waals surface area contributed by atoms with Gasteiger partial charge < -0.3 is 20.5 Å². The maximum atomic E-state index is 12.4. The Kier molecular flexibility index (Phi) is 4.42. The van der Waals surface area contributed by atoms with Crippen LogP contribution in [0.3, 0.4) is 0 Å². The van der Waals surface area contributed by atoms with Gasteiger partial charge in [-0.3, -0.25) is 4.79 Å². The van der Waals surface area contributed by atoms with Crippen molar-refractivity contribution in [3.05, 3.63) is 29.6 Å². The van der Waals surface area contributed by atoms with E-state index in [0.717, 1.165) is 24.0 Å². The number of nitrogen functional groups attached to an aromatic ring is 1. The van der Waals surface area contributed by atoms with Crippen molar-refractivity contribution >= 4 is 22.5 Å². The Morgan fingerprint density at radius 2 is 2.00 bits per heavy atom. The third kappa shape index (κ3) is 3.04. The van der Waals surface area contributed by atoms with Gasteiger partial charge in [-0.2, -0.15) is 4.98 Å². The number of amides is 1. The fraction of sp³-hybridized carbons (Fsp3) is 0.316. The fourth-order valence-electron chi connectivity index (χ4n) is 3.06. The van der Waals surface area contributed by atoms with Gasteiger partial charge in [-0.05, 0) is 25.3 Å². The third-order valence-electron chi connectivity index (χ3n) is 4.69. The molecule has 0 radical (unpaired) electrons. The Bertz CT molecular complexity index is 1080. The number of nitrogens with zero attached hydrogens (tertiary/aromatic N) is 4. The molecule has 1 aromatic carbocycles. The number of methoxy groups -OCH3 is 2. The normalized spacial score (nSPS) is 13.4. The van der Waals surface area contributed by atoms with E-state index >= 15 is 0 Å². The van der Waals surface area contributed by atoms with Crippen molar-refractivity contribution in [2.45, 2.75) is 25.8 Å². The van der Waals surface area contributed by atoms with Gasteiger partial charge in [-0.15, -0.1) is 10.2 Å². The minimum Gasteiger partial charge on any atom is -0.480 e. The van der Waals surface area contributed by atoms with Crippen molar-refractivity contribution in [3.8, 4) is 23.0 Å². The van der Waals surface area contributed by atoms with E-state index < -0.39 is 0 Å². The predicted molar refractivity (Wildman–Crippen MR) is 103 cm³/mol. The maximum absolute atomic E-state index is 12.4. The molecule has 2 aromatic heterocycles. The number of hydrogen-bond donors (Lipinski definition) is 2. The van der Waals surface area contributed by atoms with Crippen LogP contribution in [0.25, 0.3) is 22.0 Å². The first-order chi connectivity index (χ1) is 13.5. The van der Waals surface area contributed by atoms with Crippen LogP contribution in [-0.4, -0.2) is 46.3 Å². The highest BCUT2D eigenvalue weighted by Gasteiger charge is 2.27. The lowest BCUT2D eigenvalue weighted by atomic mass is 9.98. The Balaban J connectivity index is 1.89. The molecular weight excluding hydrogens is 360 g/mol. The van der Waals surface area contributed by atoms with Gasteiger partial charge in [-0.25, -0.2) is 4.98 Å². The molecular formula is C19H20N6O3. The number of aromatic nitrogens is 4. The molecule has 1 aliphatic carbocycles. The molecule has 0 saturated heterocycles. The average molecular weight is 380 g/mol. The van der Waals surface area contributed by atoms with Crippen LogP contribution >= 0.6 is 0 Å². The van der Waals surface area contributed by atoms with Crippen molar-refractivity contribution < 1.29 is 14.3 Å². The number of benzene rings is 1. The first-order valence-electron chi connectivity index (χ1n) is 8.85. The number of fused-ring (bicyclic) bond motifs is 1. The summed E-state index contributed by atoms with van der Waals surface area (Å²) in [7, 11) is 3.00. The molecule has 0 bridgehead atoms. The molecule has 0 spiro atoms. The first-order valence-corrected chi connectivity index (χ1v) is 8.85. The van der Waals surface area contributed by atoms with Crippen LogP contribution < -0.4 is 20.5 Å². The number of anilines is 1. The summed E-state index contributed by atoms with van der Waals surface area (Å²) in [6, 6.07) is 4.15. The van der Waals surface area contributed by atoms with Gasteiger partial charge in [0, 0.05) is 23.2 Å². The van der Waals surface area contributed by atoms with Gasteiger partial charge in [0.05, 0.1) is 25.5 Å². The number of ether oxygens (including phenoxy) is 2. The molecule has 1 fully saturated rings. The number of carbonyl (C=O) groups is 1. The molecule has 1 aliphatic rings. The van der Waals surface area contributed by atoms with Crippen molar-refractivity contribution in [1.82, 2.24) is 25.5 Å². The number of hydrogen-bond acceptors (Lipinski definition) is 8. The Morgan fingerprint density at radius 1 is 1.21 bits per heavy atom. The molecule has 1 saturated carbocycles. The lowest BCUT2D eigenvalue weighted by Gasteiger charge is -2.14. The number of carbonyl (C=O) groups excluding carboxylic acids is 1. The Labute approximate surface area is 161 Å². The molecule has 28 heavy (non-hydrogen) atoms. The van der Waals surface area contributed by atoms with E-state index in [9.17, 15) is 4.79 Å². The SMILES string of the molecule is COc1ncc(-c2c(C)ccc3c(N)c(C(=O)NC4CC4)nnc23)c(OC)n1. The minimum atomic E-state index is -0.304. The fourth-order valence-corrected chi connectivity index (χ4v) is 3.06. The zero-order valence-electron chi connectivity index (χ0n) is 15.8. The van der Waals surface area contributed by atoms with Crippen LogP contribution in [0.15, 0.2) is 18.3 Å². The number of aryl methyl sites for hydroxylation is 1. The van der Waals surface area contributed by atoms with Gasteiger partial charge in [-0.1, -0.05) is 12.1 Å². The minimum absolute atomic E-state index is 0.132. The summed E-state index contributed by atoms with van der Waals surface area (Å²) in [5.41, 5.74) is 9.55. The van der Waals surface area contributed by atoms with Crippen molar-refractivity contribution in [3.63, 3.8) is 0 Å². The summed E-state index contributed by atoms with van der Waals surface area (Å²) in [5.74, 6) is 0.0419. The molecule has 3 aromatic rings. The number of nitrogens with two attached hydrogens (primary N) is 1. The summed E-state index contributed by atoms with van der Waals surface area (Å²) in [6.45, 7) is 1.93. The maximum Gasteiger partial charge on any atom is 0.319 e. The van der Waals surface area contributed by atoms with Crippen LogP contribution in [0.1, 0.15) is 28.9 Å². The molecule has 0 aliphatic heterocycles. The number of nitrogens with one attached hydrogen (secondary N) is 1. The van der Waals surface area contributed by atoms with Gasteiger partial charge in [0.2, 0.25) is 5.88 Å². The second-order valence-corrected chi connectivity index (χ2v) is 6.64. The lowest BCUT2D eigenvalue weighted by Crippen LogP contribution is -2.27. The molecule has 9 nitrogen and oxygen atoms in total. The monoisotopic (exact) mass is 380 g/mol. The van der Waals surface area contributed by atoms with E-state index in [2.05, 4.69) is 25.5 Å². The molecule has 1 amide bonds. The third-order valence-corrected chi connectivity index (χ3v) is 4.69. The zero-order chi connectivity index (χ0) is 19.8. The molecule has 2 heterocycles. The van der Waals surface area contributed by atoms with Gasteiger partial charge in [0.25, 0.3) is 5.91 Å². The van der Waals surface area contributed by atoms with Crippen LogP contribution in [0.2, 0.25) is 0 Å². The standard InChI is InChI=1S/C19H20N6O3/c1-9-4-7-11-14(20)16(17(26)22-10-5-6-10)25-24-15(11)13(9)12-8-21-19(28-3)23-18(12)27-2/h4,7-8,10H,5-6H2,1-3H3,(H2,20,24)(H,22,26). The summed E-state index contributed by atoms with van der Waals surface area (Å²) >= 11 is 0. The smallest absolute Gasteiger partial charge is 0.319 e. The van der Waals surface area contributed by atoms with Crippen LogP contribution in [0.5, 0.6) is 11.9 Å². The Hall–Kier alpha value is -3.49. The first kappa shape index (κ1) is 17.9. The number of rotatable bonds is 5. The summed E-state index contributed by atoms with van der Waals surface area (Å²) in [5, 5.41) is 11.9. The van der Waals surface area contributed by atoms with Crippen LogP contribution in [-0.2, 0) is 0 Å².